The van der Waals surface area contributed by atoms with Crippen LogP contribution in [0.1, 0.15) is 23.3 Å². The van der Waals surface area contributed by atoms with E-state index in [2.05, 4.69) is 9.97 Å². The van der Waals surface area contributed by atoms with Crippen molar-refractivity contribution in [3.8, 4) is 5.88 Å². The topological polar surface area (TPSA) is 77.7 Å². The number of hydrogen-bond donors (Lipinski definition) is 0. The first-order valence-electron chi connectivity index (χ1n) is 7.71. The highest BCUT2D eigenvalue weighted by atomic mass is 16.5. The number of nitrogens with zero attached hydrogens (tertiary/aromatic N) is 3. The molecule has 2 aromatic rings. The molecule has 4 rings (SSSR count). The van der Waals surface area contributed by atoms with Gasteiger partial charge in [0, 0.05) is 31.8 Å². The second kappa shape index (κ2) is 6.00. The molecule has 3 atom stereocenters. The lowest BCUT2D eigenvalue weighted by molar-refractivity contribution is -0.0477. The lowest BCUT2D eigenvalue weighted by atomic mass is 9.95. The Labute approximate surface area is 133 Å². The summed E-state index contributed by atoms with van der Waals surface area (Å²) in [6.45, 7) is 1.23. The molecular formula is C16H17N3O4. The summed E-state index contributed by atoms with van der Waals surface area (Å²) in [5.41, 5.74) is 0.333. The molecule has 2 saturated heterocycles. The largest absolute Gasteiger partial charge is 0.471 e. The van der Waals surface area contributed by atoms with Crippen molar-refractivity contribution >= 4 is 5.91 Å². The minimum atomic E-state index is -0.137. The number of amides is 1. The van der Waals surface area contributed by atoms with Gasteiger partial charge in [0.05, 0.1) is 6.04 Å². The average molecular weight is 315 g/mol. The summed E-state index contributed by atoms with van der Waals surface area (Å²) in [5, 5.41) is 0. The normalized spacial score (nSPS) is 26.8. The van der Waals surface area contributed by atoms with Crippen molar-refractivity contribution in [2.75, 3.05) is 13.2 Å². The molecule has 2 aliphatic heterocycles. The summed E-state index contributed by atoms with van der Waals surface area (Å²) >= 11 is 0. The molecule has 4 heterocycles. The van der Waals surface area contributed by atoms with Crippen LogP contribution >= 0.6 is 0 Å². The molecule has 1 amide bonds. The van der Waals surface area contributed by atoms with Gasteiger partial charge in [-0.15, -0.1) is 0 Å². The van der Waals surface area contributed by atoms with Crippen molar-refractivity contribution < 1.29 is 18.7 Å². The molecule has 7 nitrogen and oxygen atoms in total. The maximum Gasteiger partial charge on any atom is 0.276 e. The molecule has 0 spiro atoms. The molecule has 0 aliphatic carbocycles. The molecule has 2 aromatic heterocycles. The van der Waals surface area contributed by atoms with Gasteiger partial charge in [0.25, 0.3) is 5.91 Å². The number of ether oxygens (including phenoxy) is 2. The van der Waals surface area contributed by atoms with Gasteiger partial charge in [-0.25, -0.2) is 9.97 Å². The number of aromatic nitrogens is 2. The van der Waals surface area contributed by atoms with E-state index in [0.29, 0.717) is 31.1 Å². The van der Waals surface area contributed by atoms with Crippen LogP contribution in [-0.4, -0.2) is 52.2 Å². The first kappa shape index (κ1) is 14.2. The van der Waals surface area contributed by atoms with E-state index in [1.165, 1.54) is 12.7 Å². The highest BCUT2D eigenvalue weighted by Crippen LogP contribution is 2.31. The van der Waals surface area contributed by atoms with Gasteiger partial charge in [-0.05, 0) is 12.5 Å². The fourth-order valence-corrected chi connectivity index (χ4v) is 3.30. The van der Waals surface area contributed by atoms with E-state index < -0.39 is 0 Å². The number of likely N-dealkylation sites (tertiary alicyclic amines) is 1. The van der Waals surface area contributed by atoms with Crippen molar-refractivity contribution in [3.63, 3.8) is 0 Å². The Morgan fingerprint density at radius 1 is 1.30 bits per heavy atom. The van der Waals surface area contributed by atoms with Gasteiger partial charge in [-0.3, -0.25) is 4.79 Å². The second-order valence-electron chi connectivity index (χ2n) is 5.68. The SMILES string of the molecule is O=C(c1cocn1)N1CC[C@@H](Oc2ccccn2)[C@H]2OCC[C@@H]21. The van der Waals surface area contributed by atoms with Crippen LogP contribution in [0.5, 0.6) is 5.88 Å². The van der Waals surface area contributed by atoms with E-state index in [4.69, 9.17) is 13.9 Å². The first-order chi connectivity index (χ1) is 11.3. The fourth-order valence-electron chi connectivity index (χ4n) is 3.30. The van der Waals surface area contributed by atoms with Gasteiger partial charge in [0.1, 0.15) is 18.5 Å². The highest BCUT2D eigenvalue weighted by molar-refractivity contribution is 5.92. The van der Waals surface area contributed by atoms with Gasteiger partial charge in [-0.2, -0.15) is 0 Å². The number of rotatable bonds is 3. The van der Waals surface area contributed by atoms with E-state index in [9.17, 15) is 4.79 Å². The summed E-state index contributed by atoms with van der Waals surface area (Å²) in [7, 11) is 0. The molecule has 0 aromatic carbocycles. The maximum atomic E-state index is 12.6. The Kier molecular flexibility index (Phi) is 3.70. The third-order valence-corrected chi connectivity index (χ3v) is 4.35. The lowest BCUT2D eigenvalue weighted by Gasteiger charge is -2.40. The molecular weight excluding hydrogens is 298 g/mol. The summed E-state index contributed by atoms with van der Waals surface area (Å²) < 4.78 is 16.7. The van der Waals surface area contributed by atoms with Crippen LogP contribution in [0.4, 0.5) is 0 Å². The molecule has 2 fully saturated rings. The first-order valence-corrected chi connectivity index (χ1v) is 7.71. The summed E-state index contributed by atoms with van der Waals surface area (Å²) in [4.78, 5) is 22.5. The molecule has 0 saturated carbocycles. The Morgan fingerprint density at radius 3 is 3.04 bits per heavy atom. The molecule has 23 heavy (non-hydrogen) atoms. The number of pyridine rings is 1. The van der Waals surface area contributed by atoms with Gasteiger partial charge in [0.15, 0.2) is 12.1 Å². The zero-order valence-electron chi connectivity index (χ0n) is 12.5. The third-order valence-electron chi connectivity index (χ3n) is 4.35. The fraction of sp³-hybridized carbons (Fsp3) is 0.438. The maximum absolute atomic E-state index is 12.6. The van der Waals surface area contributed by atoms with Crippen molar-refractivity contribution in [2.24, 2.45) is 0 Å². The van der Waals surface area contributed by atoms with E-state index in [0.717, 1.165) is 6.42 Å². The summed E-state index contributed by atoms with van der Waals surface area (Å²) in [6, 6.07) is 5.57. The van der Waals surface area contributed by atoms with E-state index in [-0.39, 0.29) is 24.2 Å². The Bertz CT molecular complexity index is 661. The number of carbonyl (C=O) groups excluding carboxylic acids is 1. The number of hydrogen-bond acceptors (Lipinski definition) is 6. The van der Waals surface area contributed by atoms with Crippen LogP contribution in [0.3, 0.4) is 0 Å². The minimum Gasteiger partial charge on any atom is -0.471 e. The van der Waals surface area contributed by atoms with Crippen molar-refractivity contribution in [3.05, 3.63) is 42.7 Å². The van der Waals surface area contributed by atoms with E-state index >= 15 is 0 Å². The van der Waals surface area contributed by atoms with E-state index in [1.54, 1.807) is 6.20 Å². The van der Waals surface area contributed by atoms with Gasteiger partial charge >= 0.3 is 0 Å². The predicted molar refractivity (Wildman–Crippen MR) is 79.0 cm³/mol. The summed E-state index contributed by atoms with van der Waals surface area (Å²) in [5.74, 6) is 0.471. The van der Waals surface area contributed by atoms with Crippen LogP contribution in [-0.2, 0) is 4.74 Å². The Hall–Kier alpha value is -2.41. The van der Waals surface area contributed by atoms with Gasteiger partial charge in [-0.1, -0.05) is 6.07 Å². The smallest absolute Gasteiger partial charge is 0.276 e. The molecule has 0 N–H and O–H groups in total. The molecule has 0 bridgehead atoms. The third kappa shape index (κ3) is 2.68. The number of piperidine rings is 1. The number of fused-ring (bicyclic) bond motifs is 1. The highest BCUT2D eigenvalue weighted by Gasteiger charge is 2.45. The lowest BCUT2D eigenvalue weighted by Crippen LogP contribution is -2.56. The van der Waals surface area contributed by atoms with E-state index in [1.807, 2.05) is 23.1 Å². The average Bonchev–Trinajstić information content (AvgIpc) is 3.27. The van der Waals surface area contributed by atoms with Crippen LogP contribution in [0.15, 0.2) is 41.5 Å². The number of oxazole rings is 1. The Balaban J connectivity index is 1.50. The van der Waals surface area contributed by atoms with Gasteiger partial charge < -0.3 is 18.8 Å². The number of carbonyl (C=O) groups is 1. The van der Waals surface area contributed by atoms with Crippen LogP contribution in [0.25, 0.3) is 0 Å². The predicted octanol–water partition coefficient (Wildman–Crippen LogP) is 1.52. The van der Waals surface area contributed by atoms with Gasteiger partial charge in [0.2, 0.25) is 5.88 Å². The van der Waals surface area contributed by atoms with Crippen molar-refractivity contribution in [2.45, 2.75) is 31.1 Å². The monoisotopic (exact) mass is 315 g/mol. The quantitative estimate of drug-likeness (QED) is 0.854. The minimum absolute atomic E-state index is 0.00154. The second-order valence-corrected chi connectivity index (χ2v) is 5.68. The molecule has 2 aliphatic rings. The van der Waals surface area contributed by atoms with Crippen LogP contribution in [0.2, 0.25) is 0 Å². The molecule has 7 heteroatoms. The summed E-state index contributed by atoms with van der Waals surface area (Å²) in [6.07, 6.45) is 5.61. The standard InChI is InChI=1S/C16H17N3O4/c20-16(11-9-21-10-18-11)19-7-4-13(15-12(19)5-8-22-15)23-14-3-1-2-6-17-14/h1-3,6,9-10,12-13,15H,4-5,7-8H2/t12-,13+,15-/m0/s1. The zero-order chi connectivity index (χ0) is 15.6. The van der Waals surface area contributed by atoms with Crippen molar-refractivity contribution in [1.29, 1.82) is 0 Å². The Morgan fingerprint density at radius 2 is 2.26 bits per heavy atom. The van der Waals surface area contributed by atoms with Crippen molar-refractivity contribution in [1.82, 2.24) is 14.9 Å². The molecule has 0 unspecified atom stereocenters. The molecule has 0 radical (unpaired) electrons. The molecule has 120 valence electrons. The van der Waals surface area contributed by atoms with Crippen LogP contribution < -0.4 is 4.74 Å². The zero-order valence-corrected chi connectivity index (χ0v) is 12.5. The van der Waals surface area contributed by atoms with Crippen LogP contribution in [0, 0.1) is 0 Å².